The molecule has 106 valence electrons. The van der Waals surface area contributed by atoms with Crippen molar-refractivity contribution < 1.29 is 9.53 Å². The van der Waals surface area contributed by atoms with Gasteiger partial charge in [0.25, 0.3) is 0 Å². The summed E-state index contributed by atoms with van der Waals surface area (Å²) >= 11 is 3.43. The van der Waals surface area contributed by atoms with Crippen molar-refractivity contribution in [2.75, 3.05) is 12.4 Å². The molecule has 0 saturated heterocycles. The molecule has 1 aromatic carbocycles. The molecule has 3 nitrogen and oxygen atoms in total. The van der Waals surface area contributed by atoms with Gasteiger partial charge in [0.1, 0.15) is 5.75 Å². The van der Waals surface area contributed by atoms with Gasteiger partial charge in [-0.05, 0) is 37.0 Å². The lowest BCUT2D eigenvalue weighted by Gasteiger charge is -2.19. The van der Waals surface area contributed by atoms with E-state index in [-0.39, 0.29) is 11.9 Å². The van der Waals surface area contributed by atoms with Gasteiger partial charge in [-0.2, -0.15) is 0 Å². The summed E-state index contributed by atoms with van der Waals surface area (Å²) in [5, 5.41) is 3.93. The van der Waals surface area contributed by atoms with Gasteiger partial charge < -0.3 is 10.1 Å². The van der Waals surface area contributed by atoms with Crippen molar-refractivity contribution in [1.82, 2.24) is 5.32 Å². The van der Waals surface area contributed by atoms with E-state index < -0.39 is 0 Å². The van der Waals surface area contributed by atoms with Crippen molar-refractivity contribution in [1.29, 1.82) is 0 Å². The Hall–Kier alpha value is -1.03. The van der Waals surface area contributed by atoms with Gasteiger partial charge >= 0.3 is 0 Å². The van der Waals surface area contributed by atoms with Gasteiger partial charge in [-0.25, -0.2) is 0 Å². The number of nitrogens with one attached hydrogen (secondary N) is 1. The summed E-state index contributed by atoms with van der Waals surface area (Å²) in [6.45, 7) is 4.15. The maximum absolute atomic E-state index is 11.8. The van der Waals surface area contributed by atoms with Crippen LogP contribution in [0.1, 0.15) is 25.8 Å². The number of alkyl halides is 1. The Morgan fingerprint density at radius 1 is 1.32 bits per heavy atom. The fraction of sp³-hybridized carbons (Fsp3) is 0.533. The summed E-state index contributed by atoms with van der Waals surface area (Å²) < 4.78 is 5.10. The second-order valence-electron chi connectivity index (χ2n) is 4.84. The van der Waals surface area contributed by atoms with Gasteiger partial charge in [0.05, 0.1) is 7.11 Å². The third kappa shape index (κ3) is 5.64. The molecule has 1 N–H and O–H groups in total. The van der Waals surface area contributed by atoms with Crippen molar-refractivity contribution in [3.8, 4) is 5.75 Å². The minimum absolute atomic E-state index is 0.108. The van der Waals surface area contributed by atoms with E-state index in [1.165, 1.54) is 0 Å². The first-order valence-electron chi connectivity index (χ1n) is 6.55. The zero-order valence-electron chi connectivity index (χ0n) is 11.8. The maximum atomic E-state index is 11.8. The first-order valence-corrected chi connectivity index (χ1v) is 7.67. The highest BCUT2D eigenvalue weighted by Gasteiger charge is 2.13. The van der Waals surface area contributed by atoms with Crippen molar-refractivity contribution >= 4 is 21.8 Å². The van der Waals surface area contributed by atoms with E-state index in [0.29, 0.717) is 12.3 Å². The Balaban J connectivity index is 2.37. The summed E-state index contributed by atoms with van der Waals surface area (Å²) in [6.07, 6.45) is 1.27. The summed E-state index contributed by atoms with van der Waals surface area (Å²) in [7, 11) is 1.65. The van der Waals surface area contributed by atoms with Gasteiger partial charge in [-0.3, -0.25) is 4.79 Å². The van der Waals surface area contributed by atoms with Crippen LogP contribution in [0.15, 0.2) is 24.3 Å². The van der Waals surface area contributed by atoms with Crippen LogP contribution in [0, 0.1) is 5.92 Å². The molecule has 0 aliphatic carbocycles. The maximum Gasteiger partial charge on any atom is 0.220 e. The number of hydrogen-bond donors (Lipinski definition) is 1. The monoisotopic (exact) mass is 327 g/mol. The quantitative estimate of drug-likeness (QED) is 0.781. The molecule has 0 fully saturated rings. The van der Waals surface area contributed by atoms with E-state index in [1.54, 1.807) is 7.11 Å². The van der Waals surface area contributed by atoms with Crippen molar-refractivity contribution in [3.63, 3.8) is 0 Å². The summed E-state index contributed by atoms with van der Waals surface area (Å²) in [5.41, 5.74) is 1.15. The van der Waals surface area contributed by atoms with Crippen LogP contribution < -0.4 is 10.1 Å². The molecule has 0 spiro atoms. The number of benzene rings is 1. The van der Waals surface area contributed by atoms with Crippen LogP contribution in [0.4, 0.5) is 0 Å². The van der Waals surface area contributed by atoms with Crippen molar-refractivity contribution in [3.05, 3.63) is 29.8 Å². The highest BCUT2D eigenvalue weighted by molar-refractivity contribution is 9.09. The molecule has 0 heterocycles. The van der Waals surface area contributed by atoms with Gasteiger partial charge in [-0.1, -0.05) is 35.0 Å². The first kappa shape index (κ1) is 16.0. The molecule has 0 aliphatic rings. The smallest absolute Gasteiger partial charge is 0.220 e. The van der Waals surface area contributed by atoms with E-state index in [1.807, 2.05) is 31.2 Å². The second kappa shape index (κ2) is 8.20. The Bertz CT molecular complexity index is 392. The number of carbonyl (C=O) groups excluding carboxylic acids is 1. The lowest BCUT2D eigenvalue weighted by molar-refractivity contribution is -0.121. The van der Waals surface area contributed by atoms with E-state index in [0.717, 1.165) is 23.1 Å². The molecule has 0 aliphatic heterocycles. The van der Waals surface area contributed by atoms with Crippen LogP contribution in [0.3, 0.4) is 0 Å². The number of ether oxygens (including phenoxy) is 1. The normalized spacial score (nSPS) is 13.7. The van der Waals surface area contributed by atoms with Crippen LogP contribution in [0.2, 0.25) is 0 Å². The summed E-state index contributed by atoms with van der Waals surface area (Å²) in [5.74, 6) is 1.38. The van der Waals surface area contributed by atoms with Gasteiger partial charge in [0, 0.05) is 17.8 Å². The van der Waals surface area contributed by atoms with E-state index in [9.17, 15) is 4.79 Å². The topological polar surface area (TPSA) is 38.3 Å². The third-order valence-electron chi connectivity index (χ3n) is 3.29. The summed E-state index contributed by atoms with van der Waals surface area (Å²) in [6, 6.07) is 8.03. The predicted molar refractivity (Wildman–Crippen MR) is 81.9 cm³/mol. The molecule has 2 atom stereocenters. The Labute approximate surface area is 123 Å². The standard InChI is InChI=1S/C15H22BrNO2/c1-11(10-16)12(2)17-15(18)9-6-13-4-7-14(19-3)8-5-13/h4-5,7-8,11-12H,6,9-10H2,1-3H3,(H,17,18). The zero-order valence-corrected chi connectivity index (χ0v) is 13.4. The molecule has 0 aromatic heterocycles. The second-order valence-corrected chi connectivity index (χ2v) is 5.48. The number of methoxy groups -OCH3 is 1. The lowest BCUT2D eigenvalue weighted by atomic mass is 10.1. The third-order valence-corrected chi connectivity index (χ3v) is 4.31. The molecule has 1 aromatic rings. The molecule has 0 radical (unpaired) electrons. The fourth-order valence-electron chi connectivity index (χ4n) is 1.65. The van der Waals surface area contributed by atoms with Crippen LogP contribution >= 0.6 is 15.9 Å². The van der Waals surface area contributed by atoms with Crippen LogP contribution in [-0.2, 0) is 11.2 Å². The first-order chi connectivity index (χ1) is 9.06. The van der Waals surface area contributed by atoms with Gasteiger partial charge in [-0.15, -0.1) is 0 Å². The molecular formula is C15H22BrNO2. The Morgan fingerprint density at radius 3 is 2.47 bits per heavy atom. The fourth-order valence-corrected chi connectivity index (χ4v) is 2.21. The molecule has 0 bridgehead atoms. The average Bonchev–Trinajstić information content (AvgIpc) is 2.44. The number of hydrogen-bond acceptors (Lipinski definition) is 2. The predicted octanol–water partition coefficient (Wildman–Crippen LogP) is 3.16. The number of aryl methyl sites for hydroxylation is 1. The zero-order chi connectivity index (χ0) is 14.3. The largest absolute Gasteiger partial charge is 0.497 e. The average molecular weight is 328 g/mol. The van der Waals surface area contributed by atoms with Crippen LogP contribution in [0.25, 0.3) is 0 Å². The van der Waals surface area contributed by atoms with Crippen LogP contribution in [0.5, 0.6) is 5.75 Å². The SMILES string of the molecule is COc1ccc(CCC(=O)NC(C)C(C)CBr)cc1. The van der Waals surface area contributed by atoms with Gasteiger partial charge in [0.15, 0.2) is 0 Å². The lowest BCUT2D eigenvalue weighted by Crippen LogP contribution is -2.37. The molecule has 4 heteroatoms. The molecular weight excluding hydrogens is 306 g/mol. The number of carbonyl (C=O) groups is 1. The summed E-state index contributed by atoms with van der Waals surface area (Å²) in [4.78, 5) is 11.8. The minimum atomic E-state index is 0.108. The van der Waals surface area contributed by atoms with E-state index in [4.69, 9.17) is 4.74 Å². The molecule has 0 saturated carbocycles. The number of halogens is 1. The number of amides is 1. The molecule has 1 rings (SSSR count). The highest BCUT2D eigenvalue weighted by Crippen LogP contribution is 2.13. The van der Waals surface area contributed by atoms with E-state index >= 15 is 0 Å². The Kier molecular flexibility index (Phi) is 6.92. The highest BCUT2D eigenvalue weighted by atomic mass is 79.9. The van der Waals surface area contributed by atoms with Crippen LogP contribution in [-0.4, -0.2) is 24.4 Å². The van der Waals surface area contributed by atoms with Crippen molar-refractivity contribution in [2.45, 2.75) is 32.7 Å². The van der Waals surface area contributed by atoms with E-state index in [2.05, 4.69) is 28.2 Å². The molecule has 1 amide bonds. The molecule has 2 unspecified atom stereocenters. The number of rotatable bonds is 7. The minimum Gasteiger partial charge on any atom is -0.497 e. The Morgan fingerprint density at radius 2 is 1.95 bits per heavy atom. The van der Waals surface area contributed by atoms with Gasteiger partial charge in [0.2, 0.25) is 5.91 Å². The molecule has 19 heavy (non-hydrogen) atoms. The van der Waals surface area contributed by atoms with Crippen molar-refractivity contribution in [2.24, 2.45) is 5.92 Å².